The van der Waals surface area contributed by atoms with E-state index in [0.29, 0.717) is 12.5 Å². The molecule has 1 heterocycles. The summed E-state index contributed by atoms with van der Waals surface area (Å²) >= 11 is 1.95. The highest BCUT2D eigenvalue weighted by Crippen LogP contribution is 2.21. The molecule has 2 amide bonds. The molecule has 3 N–H and O–H groups in total. The van der Waals surface area contributed by atoms with Gasteiger partial charge in [0.2, 0.25) is 0 Å². The van der Waals surface area contributed by atoms with E-state index in [4.69, 9.17) is 5.11 Å². The van der Waals surface area contributed by atoms with Crippen LogP contribution in [0.15, 0.2) is 24.3 Å². The number of benzene rings is 1. The van der Waals surface area contributed by atoms with E-state index in [2.05, 4.69) is 10.6 Å². The van der Waals surface area contributed by atoms with E-state index in [0.717, 1.165) is 17.9 Å². The number of urea groups is 1. The molecule has 6 heteroatoms. The average Bonchev–Trinajstić information content (AvgIpc) is 2.52. The maximum Gasteiger partial charge on any atom is 0.335 e. The van der Waals surface area contributed by atoms with Gasteiger partial charge in [0.25, 0.3) is 0 Å². The van der Waals surface area contributed by atoms with Crippen LogP contribution in [0.25, 0.3) is 0 Å². The van der Waals surface area contributed by atoms with E-state index in [-0.39, 0.29) is 11.6 Å². The molecule has 0 saturated carbocycles. The highest BCUT2D eigenvalue weighted by Gasteiger charge is 2.14. The second kappa shape index (κ2) is 7.93. The van der Waals surface area contributed by atoms with Crippen molar-refractivity contribution < 1.29 is 14.7 Å². The molecule has 0 radical (unpaired) electrons. The Morgan fingerprint density at radius 3 is 2.62 bits per heavy atom. The van der Waals surface area contributed by atoms with Gasteiger partial charge in [0.1, 0.15) is 0 Å². The van der Waals surface area contributed by atoms with Crippen molar-refractivity contribution in [1.29, 1.82) is 0 Å². The Labute approximate surface area is 128 Å². The number of rotatable bonds is 5. The summed E-state index contributed by atoms with van der Waals surface area (Å²) in [6.07, 6.45) is 2.42. The Hall–Kier alpha value is -1.69. The minimum Gasteiger partial charge on any atom is -0.478 e. The Morgan fingerprint density at radius 2 is 2.00 bits per heavy atom. The maximum absolute atomic E-state index is 11.7. The van der Waals surface area contributed by atoms with Crippen LogP contribution >= 0.6 is 11.8 Å². The largest absolute Gasteiger partial charge is 0.478 e. The fourth-order valence-electron chi connectivity index (χ4n) is 2.22. The summed E-state index contributed by atoms with van der Waals surface area (Å²) in [6, 6.07) is 6.32. The molecule has 1 aliphatic heterocycles. The second-order valence-electron chi connectivity index (χ2n) is 5.15. The summed E-state index contributed by atoms with van der Waals surface area (Å²) in [4.78, 5) is 22.4. The van der Waals surface area contributed by atoms with Crippen molar-refractivity contribution in [2.75, 3.05) is 18.1 Å². The van der Waals surface area contributed by atoms with Gasteiger partial charge >= 0.3 is 12.0 Å². The lowest BCUT2D eigenvalue weighted by molar-refractivity contribution is 0.0697. The van der Waals surface area contributed by atoms with Gasteiger partial charge in [0.05, 0.1) is 5.56 Å². The van der Waals surface area contributed by atoms with Gasteiger partial charge in [0, 0.05) is 13.1 Å². The summed E-state index contributed by atoms with van der Waals surface area (Å²) < 4.78 is 0. The number of hydrogen-bond acceptors (Lipinski definition) is 3. The van der Waals surface area contributed by atoms with Crippen molar-refractivity contribution in [3.05, 3.63) is 35.4 Å². The van der Waals surface area contributed by atoms with Gasteiger partial charge in [-0.1, -0.05) is 12.1 Å². The maximum atomic E-state index is 11.7. The number of amides is 2. The monoisotopic (exact) mass is 308 g/mol. The first kappa shape index (κ1) is 15.7. The predicted molar refractivity (Wildman–Crippen MR) is 83.7 cm³/mol. The van der Waals surface area contributed by atoms with E-state index >= 15 is 0 Å². The zero-order chi connectivity index (χ0) is 15.1. The highest BCUT2D eigenvalue weighted by molar-refractivity contribution is 7.99. The molecule has 5 nitrogen and oxygen atoms in total. The minimum atomic E-state index is -0.947. The molecule has 21 heavy (non-hydrogen) atoms. The molecular weight excluding hydrogens is 288 g/mol. The fourth-order valence-corrected chi connectivity index (χ4v) is 3.37. The summed E-state index contributed by atoms with van der Waals surface area (Å²) in [5.41, 5.74) is 1.13. The van der Waals surface area contributed by atoms with Crippen molar-refractivity contribution in [3.63, 3.8) is 0 Å². The Balaban J connectivity index is 1.69. The van der Waals surface area contributed by atoms with E-state index in [9.17, 15) is 9.59 Å². The molecule has 114 valence electrons. The Morgan fingerprint density at radius 1 is 1.24 bits per heavy atom. The molecule has 1 aromatic rings. The van der Waals surface area contributed by atoms with Gasteiger partial charge < -0.3 is 15.7 Å². The zero-order valence-corrected chi connectivity index (χ0v) is 12.6. The van der Waals surface area contributed by atoms with E-state index in [1.807, 2.05) is 11.8 Å². The number of nitrogens with one attached hydrogen (secondary N) is 2. The van der Waals surface area contributed by atoms with Crippen molar-refractivity contribution in [1.82, 2.24) is 10.6 Å². The van der Waals surface area contributed by atoms with Crippen LogP contribution in [0.2, 0.25) is 0 Å². The number of hydrogen-bond donors (Lipinski definition) is 3. The molecule has 1 unspecified atom stereocenters. The number of carbonyl (C=O) groups excluding carboxylic acids is 1. The number of carboxylic acid groups (broad SMARTS) is 1. The van der Waals surface area contributed by atoms with Crippen LogP contribution in [0.4, 0.5) is 4.79 Å². The average molecular weight is 308 g/mol. The first-order valence-electron chi connectivity index (χ1n) is 7.07. The van der Waals surface area contributed by atoms with Crippen LogP contribution < -0.4 is 10.6 Å². The molecule has 1 saturated heterocycles. The number of aromatic carboxylic acids is 1. The molecule has 1 fully saturated rings. The van der Waals surface area contributed by atoms with Crippen LogP contribution in [-0.4, -0.2) is 35.2 Å². The van der Waals surface area contributed by atoms with E-state index < -0.39 is 5.97 Å². The third kappa shape index (κ3) is 5.30. The zero-order valence-electron chi connectivity index (χ0n) is 11.8. The minimum absolute atomic E-state index is 0.173. The lowest BCUT2D eigenvalue weighted by Gasteiger charge is -2.21. The first-order valence-corrected chi connectivity index (χ1v) is 8.22. The molecule has 1 atom stereocenters. The number of thioether (sulfide) groups is 1. The normalized spacial score (nSPS) is 18.0. The number of carboxylic acids is 1. The van der Waals surface area contributed by atoms with Crippen LogP contribution in [0, 0.1) is 5.92 Å². The van der Waals surface area contributed by atoms with Gasteiger partial charge in [-0.15, -0.1) is 0 Å². The third-order valence-electron chi connectivity index (χ3n) is 3.46. The summed E-state index contributed by atoms with van der Waals surface area (Å²) in [5.74, 6) is 1.98. The van der Waals surface area contributed by atoms with Crippen molar-refractivity contribution in [3.8, 4) is 0 Å². The molecule has 0 spiro atoms. The summed E-state index contributed by atoms with van der Waals surface area (Å²) in [6.45, 7) is 1.11. The van der Waals surface area contributed by atoms with Crippen LogP contribution in [0.1, 0.15) is 28.8 Å². The van der Waals surface area contributed by atoms with Crippen LogP contribution in [0.3, 0.4) is 0 Å². The smallest absolute Gasteiger partial charge is 0.335 e. The van der Waals surface area contributed by atoms with Crippen LogP contribution in [0.5, 0.6) is 0 Å². The van der Waals surface area contributed by atoms with Crippen molar-refractivity contribution in [2.45, 2.75) is 19.4 Å². The van der Waals surface area contributed by atoms with Gasteiger partial charge in [-0.25, -0.2) is 9.59 Å². The van der Waals surface area contributed by atoms with Gasteiger partial charge in [0.15, 0.2) is 0 Å². The van der Waals surface area contributed by atoms with Crippen molar-refractivity contribution >= 4 is 23.8 Å². The fraction of sp³-hybridized carbons (Fsp3) is 0.467. The molecule has 1 aromatic carbocycles. The third-order valence-corrected chi connectivity index (χ3v) is 4.74. The molecule has 0 bridgehead atoms. The molecule has 0 aromatic heterocycles. The lowest BCUT2D eigenvalue weighted by Crippen LogP contribution is -2.38. The molecule has 0 aliphatic carbocycles. The Bertz CT molecular complexity index is 484. The molecule has 2 rings (SSSR count). The quantitative estimate of drug-likeness (QED) is 0.780. The first-order chi connectivity index (χ1) is 10.1. The van der Waals surface area contributed by atoms with Crippen LogP contribution in [-0.2, 0) is 6.54 Å². The van der Waals surface area contributed by atoms with Gasteiger partial charge in [-0.05, 0) is 48.0 Å². The summed E-state index contributed by atoms with van der Waals surface area (Å²) in [7, 11) is 0. The van der Waals surface area contributed by atoms with E-state index in [1.54, 1.807) is 12.1 Å². The lowest BCUT2D eigenvalue weighted by atomic mass is 10.1. The van der Waals surface area contributed by atoms with Crippen molar-refractivity contribution in [2.24, 2.45) is 5.92 Å². The molecular formula is C15H20N2O3S. The van der Waals surface area contributed by atoms with E-state index in [1.165, 1.54) is 30.7 Å². The van der Waals surface area contributed by atoms with Gasteiger partial charge in [-0.2, -0.15) is 11.8 Å². The Kier molecular flexibility index (Phi) is 5.92. The number of carbonyl (C=O) groups is 2. The summed E-state index contributed by atoms with van der Waals surface area (Å²) in [5, 5.41) is 14.5. The molecule has 1 aliphatic rings. The predicted octanol–water partition coefficient (Wildman–Crippen LogP) is 2.33. The topological polar surface area (TPSA) is 78.4 Å². The van der Waals surface area contributed by atoms with Gasteiger partial charge in [-0.3, -0.25) is 0 Å². The SMILES string of the molecule is O=C(NCc1ccc(C(=O)O)cc1)NCC1CCCSC1. The standard InChI is InChI=1S/C15H20N2O3S/c18-14(19)13-5-3-11(4-6-13)8-16-15(20)17-9-12-2-1-7-21-10-12/h3-6,12H,1-2,7-10H2,(H,18,19)(H2,16,17,20). The second-order valence-corrected chi connectivity index (χ2v) is 6.30. The highest BCUT2D eigenvalue weighted by atomic mass is 32.2.